The van der Waals surface area contributed by atoms with Gasteiger partial charge in [-0.25, -0.2) is 0 Å². The second kappa shape index (κ2) is 4.92. The van der Waals surface area contributed by atoms with E-state index in [9.17, 15) is 0 Å². The number of hydrogen-bond donors (Lipinski definition) is 1. The zero-order chi connectivity index (χ0) is 6.85. The summed E-state index contributed by atoms with van der Waals surface area (Å²) in [5.74, 6) is 0. The molecule has 0 amide bonds. The Hall–Kier alpha value is 1.15. The van der Waals surface area contributed by atoms with Gasteiger partial charge in [0.05, 0.1) is 0 Å². The quantitative estimate of drug-likeness (QED) is 0.545. The zero-order valence-electron chi connectivity index (χ0n) is 5.14. The summed E-state index contributed by atoms with van der Waals surface area (Å²) >= 11 is 10.8. The molecular formula is C6H4Br2SZn. The van der Waals surface area contributed by atoms with Crippen molar-refractivity contribution in [1.82, 2.24) is 0 Å². The molecule has 0 N–H and O–H groups in total. The molecule has 0 saturated heterocycles. The Bertz CT molecular complexity index is 177. The van der Waals surface area contributed by atoms with Crippen LogP contribution in [0.2, 0.25) is 0 Å². The molecule has 0 saturated carbocycles. The van der Waals surface area contributed by atoms with Gasteiger partial charge in [0, 0.05) is 33.3 Å². The summed E-state index contributed by atoms with van der Waals surface area (Å²) in [7, 11) is 0. The monoisotopic (exact) mass is 330 g/mol. The minimum atomic E-state index is 0. The first kappa shape index (κ1) is 11.2. The number of thiol groups is 1. The molecule has 10 heavy (non-hydrogen) atoms. The molecule has 0 nitrogen and oxygen atoms in total. The van der Waals surface area contributed by atoms with Gasteiger partial charge in [-0.15, -0.1) is 12.6 Å². The number of benzene rings is 1. The maximum atomic E-state index is 4.16. The van der Waals surface area contributed by atoms with Crippen LogP contribution >= 0.6 is 44.5 Å². The van der Waals surface area contributed by atoms with Crippen LogP contribution in [0.3, 0.4) is 0 Å². The van der Waals surface area contributed by atoms with E-state index in [0.29, 0.717) is 0 Å². The van der Waals surface area contributed by atoms with E-state index in [1.807, 2.05) is 18.2 Å². The molecular weight excluding hydrogens is 329 g/mol. The van der Waals surface area contributed by atoms with Crippen molar-refractivity contribution < 1.29 is 19.5 Å². The summed E-state index contributed by atoms with van der Waals surface area (Å²) in [4.78, 5) is 0.955. The van der Waals surface area contributed by atoms with Crippen LogP contribution in [0, 0.1) is 0 Å². The molecule has 0 fully saturated rings. The van der Waals surface area contributed by atoms with Gasteiger partial charge in [0.2, 0.25) is 0 Å². The molecule has 0 aliphatic heterocycles. The summed E-state index contributed by atoms with van der Waals surface area (Å²) in [6, 6.07) is 5.85. The molecule has 0 bridgehead atoms. The minimum absolute atomic E-state index is 0. The van der Waals surface area contributed by atoms with Crippen molar-refractivity contribution >= 4 is 44.5 Å². The summed E-state index contributed by atoms with van der Waals surface area (Å²) in [5, 5.41) is 0. The summed E-state index contributed by atoms with van der Waals surface area (Å²) < 4.78 is 2.09. The van der Waals surface area contributed by atoms with Crippen molar-refractivity contribution in [2.45, 2.75) is 4.90 Å². The predicted octanol–water partition coefficient (Wildman–Crippen LogP) is 3.50. The summed E-state index contributed by atoms with van der Waals surface area (Å²) in [6.45, 7) is 0. The molecule has 1 aromatic carbocycles. The normalized spacial score (nSPS) is 8.70. The third-order valence-corrected chi connectivity index (χ3v) is 2.02. The van der Waals surface area contributed by atoms with Crippen molar-refractivity contribution in [3.8, 4) is 0 Å². The van der Waals surface area contributed by atoms with Crippen LogP contribution in [-0.4, -0.2) is 0 Å². The average Bonchev–Trinajstić information content (AvgIpc) is 1.59. The van der Waals surface area contributed by atoms with Crippen molar-refractivity contribution in [2.75, 3.05) is 0 Å². The van der Waals surface area contributed by atoms with Gasteiger partial charge in [0.15, 0.2) is 0 Å². The van der Waals surface area contributed by atoms with Gasteiger partial charge in [-0.1, -0.05) is 31.9 Å². The Morgan fingerprint density at radius 1 is 1.00 bits per heavy atom. The minimum Gasteiger partial charge on any atom is -0.143 e. The number of rotatable bonds is 0. The molecule has 0 aromatic heterocycles. The molecule has 0 atom stereocenters. The van der Waals surface area contributed by atoms with E-state index in [2.05, 4.69) is 44.5 Å². The fraction of sp³-hybridized carbons (Fsp3) is 0. The van der Waals surface area contributed by atoms with E-state index in [4.69, 9.17) is 0 Å². The van der Waals surface area contributed by atoms with Crippen LogP contribution in [0.4, 0.5) is 0 Å². The predicted molar refractivity (Wildman–Crippen MR) is 49.1 cm³/mol. The van der Waals surface area contributed by atoms with Crippen LogP contribution in [0.5, 0.6) is 0 Å². The molecule has 4 heteroatoms. The molecule has 0 aliphatic rings. The molecule has 1 aromatic rings. The maximum absolute atomic E-state index is 4.16. The number of hydrogen-bond acceptors (Lipinski definition) is 1. The molecule has 0 spiro atoms. The van der Waals surface area contributed by atoms with E-state index in [-0.39, 0.29) is 19.5 Å². The van der Waals surface area contributed by atoms with Gasteiger partial charge in [-0.05, 0) is 18.2 Å². The first-order valence-electron chi connectivity index (χ1n) is 2.33. The second-order valence-corrected chi connectivity index (χ2v) is 3.98. The molecule has 0 heterocycles. The smallest absolute Gasteiger partial charge is 0.0197 e. The van der Waals surface area contributed by atoms with Crippen molar-refractivity contribution in [2.24, 2.45) is 0 Å². The fourth-order valence-corrected chi connectivity index (χ4v) is 2.46. The van der Waals surface area contributed by atoms with Crippen LogP contribution < -0.4 is 0 Å². The van der Waals surface area contributed by atoms with Gasteiger partial charge in [-0.2, -0.15) is 0 Å². The van der Waals surface area contributed by atoms with Crippen LogP contribution in [-0.2, 0) is 19.5 Å². The second-order valence-electron chi connectivity index (χ2n) is 1.63. The van der Waals surface area contributed by atoms with Crippen molar-refractivity contribution in [3.05, 3.63) is 27.1 Å². The molecule has 1 rings (SSSR count). The first-order valence-corrected chi connectivity index (χ1v) is 4.37. The van der Waals surface area contributed by atoms with Crippen LogP contribution in [0.15, 0.2) is 32.0 Å². The third kappa shape index (κ3) is 3.52. The summed E-state index contributed by atoms with van der Waals surface area (Å²) in [6.07, 6.45) is 0. The SMILES string of the molecule is Sc1cc(Br)cc(Br)c1.[Zn]. The van der Waals surface area contributed by atoms with E-state index in [0.717, 1.165) is 13.8 Å². The topological polar surface area (TPSA) is 0 Å². The van der Waals surface area contributed by atoms with Gasteiger partial charge in [0.1, 0.15) is 0 Å². The molecule has 0 aliphatic carbocycles. The van der Waals surface area contributed by atoms with E-state index in [1.165, 1.54) is 0 Å². The van der Waals surface area contributed by atoms with Crippen LogP contribution in [0.1, 0.15) is 0 Å². The Morgan fingerprint density at radius 2 is 1.40 bits per heavy atom. The van der Waals surface area contributed by atoms with Gasteiger partial charge in [-0.3, -0.25) is 0 Å². The molecule has 0 radical (unpaired) electrons. The van der Waals surface area contributed by atoms with E-state index in [1.54, 1.807) is 0 Å². The molecule has 0 unspecified atom stereocenters. The zero-order valence-corrected chi connectivity index (χ0v) is 12.2. The number of halogens is 2. The van der Waals surface area contributed by atoms with Crippen LogP contribution in [0.25, 0.3) is 0 Å². The van der Waals surface area contributed by atoms with Gasteiger partial charge in [0.25, 0.3) is 0 Å². The van der Waals surface area contributed by atoms with E-state index < -0.39 is 0 Å². The fourth-order valence-electron chi connectivity index (χ4n) is 0.539. The Balaban J connectivity index is 0.000000810. The maximum Gasteiger partial charge on any atom is 0.0197 e. The van der Waals surface area contributed by atoms with E-state index >= 15 is 0 Å². The molecule has 50 valence electrons. The standard InChI is InChI=1S/C6H4Br2S.Zn/c7-4-1-5(8)3-6(9)2-4;/h1-3,9H;. The Labute approximate surface area is 95.2 Å². The van der Waals surface area contributed by atoms with Crippen molar-refractivity contribution in [3.63, 3.8) is 0 Å². The Morgan fingerprint density at radius 3 is 1.70 bits per heavy atom. The third-order valence-electron chi connectivity index (χ3n) is 0.847. The Kier molecular flexibility index (Phi) is 5.48. The summed E-state index contributed by atoms with van der Waals surface area (Å²) in [5.41, 5.74) is 0. The van der Waals surface area contributed by atoms with Gasteiger partial charge >= 0.3 is 0 Å². The van der Waals surface area contributed by atoms with Crippen molar-refractivity contribution in [1.29, 1.82) is 0 Å². The average molecular weight is 333 g/mol. The van der Waals surface area contributed by atoms with Gasteiger partial charge < -0.3 is 0 Å². The largest absolute Gasteiger partial charge is 0.143 e. The first-order chi connectivity index (χ1) is 4.18.